The van der Waals surface area contributed by atoms with E-state index < -0.39 is 40.9 Å². The molecule has 3 aromatic carbocycles. The number of ether oxygens (including phenoxy) is 3. The van der Waals surface area contributed by atoms with Crippen LogP contribution in [0.25, 0.3) is 11.1 Å². The lowest BCUT2D eigenvalue weighted by molar-refractivity contribution is -0.157. The van der Waals surface area contributed by atoms with Crippen molar-refractivity contribution in [1.82, 2.24) is 9.88 Å². The largest absolute Gasteiger partial charge is 0.496 e. The van der Waals surface area contributed by atoms with Crippen molar-refractivity contribution < 1.29 is 46.6 Å². The number of pyridine rings is 1. The number of carbonyl (C=O) groups excluding carboxylic acids is 4. The minimum Gasteiger partial charge on any atom is -0.496 e. The van der Waals surface area contributed by atoms with E-state index in [-0.39, 0.29) is 53.3 Å². The minimum absolute atomic E-state index is 0.0276. The van der Waals surface area contributed by atoms with Crippen LogP contribution in [-0.4, -0.2) is 68.1 Å². The van der Waals surface area contributed by atoms with Gasteiger partial charge in [0.25, 0.3) is 11.8 Å². The molecule has 4 aromatic rings. The third-order valence-corrected chi connectivity index (χ3v) is 8.66. The van der Waals surface area contributed by atoms with E-state index in [0.29, 0.717) is 24.1 Å². The molecule has 1 atom stereocenters. The third kappa shape index (κ3) is 7.57. The quantitative estimate of drug-likeness (QED) is 0.182. The number of benzene rings is 3. The van der Waals surface area contributed by atoms with Gasteiger partial charge in [0.15, 0.2) is 0 Å². The zero-order valence-electron chi connectivity index (χ0n) is 28.4. The fourth-order valence-corrected chi connectivity index (χ4v) is 6.15. The Balaban J connectivity index is 1.44. The molecule has 1 aromatic heterocycles. The number of carbonyl (C=O) groups is 4. The van der Waals surface area contributed by atoms with E-state index in [0.717, 1.165) is 17.7 Å². The van der Waals surface area contributed by atoms with Gasteiger partial charge < -0.3 is 24.4 Å². The maximum absolute atomic E-state index is 13.9. The van der Waals surface area contributed by atoms with Crippen LogP contribution in [0.15, 0.2) is 79.0 Å². The Morgan fingerprint density at radius 2 is 1.67 bits per heavy atom. The molecule has 5 rings (SSSR count). The number of aromatic nitrogens is 1. The monoisotopic (exact) mass is 703 g/mol. The Kier molecular flexibility index (Phi) is 10.8. The van der Waals surface area contributed by atoms with E-state index in [9.17, 15) is 32.3 Å². The average molecular weight is 704 g/mol. The molecule has 0 saturated heterocycles. The van der Waals surface area contributed by atoms with E-state index in [1.165, 1.54) is 50.4 Å². The molecule has 1 unspecified atom stereocenters. The summed E-state index contributed by atoms with van der Waals surface area (Å²) in [5.41, 5.74) is 0.201. The van der Waals surface area contributed by atoms with Crippen molar-refractivity contribution in [2.75, 3.05) is 39.7 Å². The zero-order valence-corrected chi connectivity index (χ0v) is 28.4. The summed E-state index contributed by atoms with van der Waals surface area (Å²) in [6, 6.07) is 17.2. The number of anilines is 1. The fourth-order valence-electron chi connectivity index (χ4n) is 6.15. The lowest BCUT2D eigenvalue weighted by atomic mass is 9.86. The first-order chi connectivity index (χ1) is 24.3. The van der Waals surface area contributed by atoms with Crippen molar-refractivity contribution in [1.29, 1.82) is 0 Å². The highest BCUT2D eigenvalue weighted by atomic mass is 19.4. The highest BCUT2D eigenvalue weighted by molar-refractivity contribution is 6.13. The predicted molar refractivity (Wildman–Crippen MR) is 181 cm³/mol. The van der Waals surface area contributed by atoms with Crippen molar-refractivity contribution in [2.45, 2.75) is 37.8 Å². The van der Waals surface area contributed by atoms with E-state index in [2.05, 4.69) is 10.3 Å². The summed E-state index contributed by atoms with van der Waals surface area (Å²) in [7, 11) is 4.40. The molecule has 0 spiro atoms. The summed E-state index contributed by atoms with van der Waals surface area (Å²) in [5, 5.41) is 2.75. The maximum atomic E-state index is 13.9. The number of nitrogens with zero attached hydrogens (tertiary/aromatic N) is 2. The summed E-state index contributed by atoms with van der Waals surface area (Å²) in [6.45, 7) is 1.50. The number of hydrogen-bond acceptors (Lipinski definition) is 8. The van der Waals surface area contributed by atoms with Gasteiger partial charge in [-0.25, -0.2) is 0 Å². The molecule has 1 aliphatic carbocycles. The van der Waals surface area contributed by atoms with Gasteiger partial charge in [-0.2, -0.15) is 13.2 Å². The second-order valence-electron chi connectivity index (χ2n) is 12.1. The van der Waals surface area contributed by atoms with E-state index in [4.69, 9.17) is 14.2 Å². The smallest absolute Gasteiger partial charge is 0.416 e. The molecule has 2 amide bonds. The number of amides is 2. The number of halogens is 3. The minimum atomic E-state index is -4.55. The summed E-state index contributed by atoms with van der Waals surface area (Å²) in [5.74, 6) is -2.23. The SMILES string of the molecule is CCOC(=O)C1(COC(=O)Cc2cccc(NC(=O)c3cccc(OC)c3-c3ccc(C(F)(F)F)cc3)c2C(=O)N(C)C)CCc2cccnc21. The predicted octanol–water partition coefficient (Wildman–Crippen LogP) is 6.26. The summed E-state index contributed by atoms with van der Waals surface area (Å²) in [6.07, 6.45) is -2.46. The number of aryl methyl sites for hydroxylation is 1. The molecule has 1 heterocycles. The first-order valence-electron chi connectivity index (χ1n) is 16.1. The number of hydrogen-bond donors (Lipinski definition) is 1. The van der Waals surface area contributed by atoms with Gasteiger partial charge in [-0.15, -0.1) is 0 Å². The van der Waals surface area contributed by atoms with Crippen molar-refractivity contribution >= 4 is 29.4 Å². The molecule has 0 saturated carbocycles. The van der Waals surface area contributed by atoms with Crippen LogP contribution >= 0.6 is 0 Å². The van der Waals surface area contributed by atoms with Crippen LogP contribution < -0.4 is 10.1 Å². The molecule has 1 aliphatic rings. The van der Waals surface area contributed by atoms with Crippen LogP contribution in [0, 0.1) is 0 Å². The standard InChI is InChI=1S/C38H36F3N3O7/c1-5-50-36(48)37(19-18-24-10-8-20-42-33(24)37)22-51-30(45)21-25-9-6-12-28(32(25)35(47)44(2)3)43-34(46)27-11-7-13-29(49-4)31(27)23-14-16-26(17-15-23)38(39,40)41/h6-17,20H,5,18-19,21-22H2,1-4H3,(H,43,46). The molecule has 51 heavy (non-hydrogen) atoms. The number of esters is 2. The molecule has 0 fully saturated rings. The molecule has 1 N–H and O–H groups in total. The Bertz CT molecular complexity index is 1960. The molecule has 10 nitrogen and oxygen atoms in total. The molecular formula is C38H36F3N3O7. The summed E-state index contributed by atoms with van der Waals surface area (Å²) >= 11 is 0. The number of alkyl halides is 3. The van der Waals surface area contributed by atoms with Gasteiger partial charge in [-0.05, 0) is 72.9 Å². The van der Waals surface area contributed by atoms with E-state index >= 15 is 0 Å². The van der Waals surface area contributed by atoms with Crippen molar-refractivity contribution in [3.63, 3.8) is 0 Å². The topological polar surface area (TPSA) is 124 Å². The lowest BCUT2D eigenvalue weighted by Crippen LogP contribution is -2.41. The average Bonchev–Trinajstić information content (AvgIpc) is 3.49. The fraction of sp³-hybridized carbons (Fsp3) is 0.289. The van der Waals surface area contributed by atoms with Crippen molar-refractivity contribution in [2.24, 2.45) is 0 Å². The van der Waals surface area contributed by atoms with Crippen LogP contribution in [0.5, 0.6) is 5.75 Å². The summed E-state index contributed by atoms with van der Waals surface area (Å²) in [4.78, 5) is 59.7. The van der Waals surface area contributed by atoms with E-state index in [1.807, 2.05) is 6.07 Å². The van der Waals surface area contributed by atoms with Gasteiger partial charge in [0.2, 0.25) is 0 Å². The van der Waals surface area contributed by atoms with Crippen LogP contribution in [0.3, 0.4) is 0 Å². The first kappa shape index (κ1) is 36.6. The Labute approximate surface area is 292 Å². The van der Waals surface area contributed by atoms with Gasteiger partial charge in [0, 0.05) is 25.9 Å². The van der Waals surface area contributed by atoms with Crippen molar-refractivity contribution in [3.05, 3.63) is 113 Å². The highest BCUT2D eigenvalue weighted by Crippen LogP contribution is 2.40. The molecule has 0 bridgehead atoms. The van der Waals surface area contributed by atoms with Gasteiger partial charge in [-0.3, -0.25) is 24.2 Å². The molecular weight excluding hydrogens is 667 g/mol. The number of nitrogens with one attached hydrogen (secondary N) is 1. The van der Waals surface area contributed by atoms with Crippen LogP contribution in [0.2, 0.25) is 0 Å². The van der Waals surface area contributed by atoms with Gasteiger partial charge in [0.1, 0.15) is 17.8 Å². The van der Waals surface area contributed by atoms with Crippen LogP contribution in [-0.2, 0) is 43.5 Å². The maximum Gasteiger partial charge on any atom is 0.416 e. The lowest BCUT2D eigenvalue weighted by Gasteiger charge is -2.26. The Hall–Kier alpha value is -5.72. The first-order valence-corrected chi connectivity index (χ1v) is 16.1. The molecule has 0 radical (unpaired) electrons. The van der Waals surface area contributed by atoms with Gasteiger partial charge in [-0.1, -0.05) is 36.4 Å². The zero-order chi connectivity index (χ0) is 36.9. The number of methoxy groups -OCH3 is 1. The molecule has 13 heteroatoms. The highest BCUT2D eigenvalue weighted by Gasteiger charge is 2.49. The molecule has 266 valence electrons. The number of rotatable bonds is 11. The number of fused-ring (bicyclic) bond motifs is 1. The second-order valence-corrected chi connectivity index (χ2v) is 12.1. The summed E-state index contributed by atoms with van der Waals surface area (Å²) < 4.78 is 56.3. The Morgan fingerprint density at radius 3 is 2.33 bits per heavy atom. The Morgan fingerprint density at radius 1 is 0.941 bits per heavy atom. The van der Waals surface area contributed by atoms with Crippen molar-refractivity contribution in [3.8, 4) is 16.9 Å². The van der Waals surface area contributed by atoms with Gasteiger partial charge >= 0.3 is 18.1 Å². The van der Waals surface area contributed by atoms with Crippen LogP contribution in [0.1, 0.15) is 56.4 Å². The molecule has 0 aliphatic heterocycles. The van der Waals surface area contributed by atoms with E-state index in [1.54, 1.807) is 43.5 Å². The van der Waals surface area contributed by atoms with Gasteiger partial charge in [0.05, 0.1) is 48.2 Å². The normalized spacial score (nSPS) is 15.0. The second kappa shape index (κ2) is 15.0. The van der Waals surface area contributed by atoms with Crippen LogP contribution in [0.4, 0.5) is 18.9 Å². The third-order valence-electron chi connectivity index (χ3n) is 8.66.